The van der Waals surface area contributed by atoms with Gasteiger partial charge < -0.3 is 15.0 Å². The molecule has 0 aliphatic heterocycles. The van der Waals surface area contributed by atoms with E-state index in [4.69, 9.17) is 4.74 Å². The van der Waals surface area contributed by atoms with E-state index in [0.29, 0.717) is 18.0 Å². The van der Waals surface area contributed by atoms with E-state index < -0.39 is 28.5 Å². The summed E-state index contributed by atoms with van der Waals surface area (Å²) < 4.78 is 34.1. The maximum Gasteiger partial charge on any atom is 0.264 e. The monoisotopic (exact) mass is 565 g/mol. The lowest BCUT2D eigenvalue weighted by Gasteiger charge is -2.32. The molecule has 0 spiro atoms. The molecule has 1 unspecified atom stereocenters. The minimum Gasteiger partial charge on any atom is -0.497 e. The maximum absolute atomic E-state index is 14.0. The molecule has 3 aromatic carbocycles. The summed E-state index contributed by atoms with van der Waals surface area (Å²) in [6.07, 6.45) is 0. The fraction of sp³-hybridized carbons (Fsp3) is 0.355. The summed E-state index contributed by atoms with van der Waals surface area (Å²) in [7, 11) is -2.64. The van der Waals surface area contributed by atoms with E-state index in [2.05, 4.69) is 5.32 Å². The minimum absolute atomic E-state index is 0.0228. The number of amides is 2. The summed E-state index contributed by atoms with van der Waals surface area (Å²) in [4.78, 5) is 28.5. The van der Waals surface area contributed by atoms with Gasteiger partial charge in [-0.15, -0.1) is 0 Å². The van der Waals surface area contributed by atoms with Crippen molar-refractivity contribution < 1.29 is 22.7 Å². The Morgan fingerprint density at radius 3 is 2.12 bits per heavy atom. The second-order valence-corrected chi connectivity index (χ2v) is 12.2. The molecule has 0 heterocycles. The standard InChI is InChI=1S/C31H39N3O5S/c1-22(2)19-32-31(36)25(5)33(20-26-9-7-8-24(4)18-26)30(35)21-34(27-12-10-23(3)11-13-27)40(37,38)29-16-14-28(39-6)15-17-29/h7-18,22,25H,19-21H2,1-6H3,(H,32,36). The zero-order valence-corrected chi connectivity index (χ0v) is 24.9. The molecule has 0 aliphatic carbocycles. The summed E-state index contributed by atoms with van der Waals surface area (Å²) in [5.74, 6) is -0.0350. The Bertz CT molecular complexity index is 1400. The Morgan fingerprint density at radius 2 is 1.55 bits per heavy atom. The third-order valence-electron chi connectivity index (χ3n) is 6.54. The number of sulfonamides is 1. The number of aryl methyl sites for hydroxylation is 2. The minimum atomic E-state index is -4.14. The van der Waals surface area contributed by atoms with Crippen LogP contribution in [0.5, 0.6) is 5.75 Å². The number of carbonyl (C=O) groups excluding carboxylic acids is 2. The lowest BCUT2D eigenvalue weighted by Crippen LogP contribution is -2.51. The van der Waals surface area contributed by atoms with Crippen LogP contribution in [0.4, 0.5) is 5.69 Å². The van der Waals surface area contributed by atoms with E-state index in [1.54, 1.807) is 43.3 Å². The number of rotatable bonds is 12. The molecule has 0 saturated carbocycles. The molecule has 2 amide bonds. The van der Waals surface area contributed by atoms with E-state index in [-0.39, 0.29) is 23.3 Å². The fourth-order valence-corrected chi connectivity index (χ4v) is 5.57. The van der Waals surface area contributed by atoms with Gasteiger partial charge in [-0.05, 0) is 68.7 Å². The first-order valence-corrected chi connectivity index (χ1v) is 14.7. The molecule has 3 rings (SSSR count). The van der Waals surface area contributed by atoms with Crippen LogP contribution in [0.2, 0.25) is 0 Å². The number of benzene rings is 3. The van der Waals surface area contributed by atoms with Crippen molar-refractivity contribution in [3.8, 4) is 5.75 Å². The third-order valence-corrected chi connectivity index (χ3v) is 8.32. The first-order chi connectivity index (χ1) is 18.9. The Balaban J connectivity index is 2.01. The van der Waals surface area contributed by atoms with E-state index in [1.165, 1.54) is 24.1 Å². The van der Waals surface area contributed by atoms with Crippen LogP contribution in [0.3, 0.4) is 0 Å². The van der Waals surface area contributed by atoms with Crippen LogP contribution in [0, 0.1) is 19.8 Å². The largest absolute Gasteiger partial charge is 0.497 e. The number of ether oxygens (including phenoxy) is 1. The highest BCUT2D eigenvalue weighted by Gasteiger charge is 2.32. The van der Waals surface area contributed by atoms with Crippen molar-refractivity contribution in [1.29, 1.82) is 0 Å². The number of nitrogens with one attached hydrogen (secondary N) is 1. The second-order valence-electron chi connectivity index (χ2n) is 10.3. The van der Waals surface area contributed by atoms with Gasteiger partial charge in [0.05, 0.1) is 17.7 Å². The van der Waals surface area contributed by atoms with Crippen LogP contribution >= 0.6 is 0 Å². The van der Waals surface area contributed by atoms with Crippen LogP contribution in [0.25, 0.3) is 0 Å². The lowest BCUT2D eigenvalue weighted by atomic mass is 10.1. The molecule has 1 N–H and O–H groups in total. The SMILES string of the molecule is COc1ccc(S(=O)(=O)N(CC(=O)N(Cc2cccc(C)c2)C(C)C(=O)NCC(C)C)c2ccc(C)cc2)cc1. The van der Waals surface area contributed by atoms with E-state index in [0.717, 1.165) is 21.0 Å². The van der Waals surface area contributed by atoms with Crippen LogP contribution in [-0.4, -0.2) is 51.4 Å². The van der Waals surface area contributed by atoms with Gasteiger partial charge in [-0.1, -0.05) is 61.4 Å². The van der Waals surface area contributed by atoms with Gasteiger partial charge in [-0.3, -0.25) is 13.9 Å². The molecule has 0 bridgehead atoms. The Hall–Kier alpha value is -3.85. The number of carbonyl (C=O) groups is 2. The van der Waals surface area contributed by atoms with Gasteiger partial charge in [0.2, 0.25) is 11.8 Å². The van der Waals surface area contributed by atoms with Crippen LogP contribution < -0.4 is 14.4 Å². The zero-order chi connectivity index (χ0) is 29.4. The second kappa shape index (κ2) is 13.5. The predicted octanol–water partition coefficient (Wildman–Crippen LogP) is 4.70. The highest BCUT2D eigenvalue weighted by atomic mass is 32.2. The van der Waals surface area contributed by atoms with Crippen molar-refractivity contribution in [1.82, 2.24) is 10.2 Å². The lowest BCUT2D eigenvalue weighted by molar-refractivity contribution is -0.139. The smallest absolute Gasteiger partial charge is 0.264 e. The molecule has 214 valence electrons. The molecule has 0 aromatic heterocycles. The van der Waals surface area contributed by atoms with E-state index >= 15 is 0 Å². The van der Waals surface area contributed by atoms with Crippen molar-refractivity contribution in [2.45, 2.75) is 52.1 Å². The molecule has 40 heavy (non-hydrogen) atoms. The molecule has 0 fully saturated rings. The average Bonchev–Trinajstić information content (AvgIpc) is 2.93. The number of hydrogen-bond donors (Lipinski definition) is 1. The van der Waals surface area contributed by atoms with Gasteiger partial charge in [0, 0.05) is 13.1 Å². The molecular weight excluding hydrogens is 526 g/mol. The normalized spacial score (nSPS) is 12.1. The van der Waals surface area contributed by atoms with Gasteiger partial charge in [0.1, 0.15) is 18.3 Å². The molecule has 3 aromatic rings. The molecular formula is C31H39N3O5S. The first-order valence-electron chi connectivity index (χ1n) is 13.3. The maximum atomic E-state index is 14.0. The average molecular weight is 566 g/mol. The van der Waals surface area contributed by atoms with Crippen LogP contribution in [0.15, 0.2) is 77.7 Å². The Morgan fingerprint density at radius 1 is 0.900 bits per heavy atom. The number of methoxy groups -OCH3 is 1. The summed E-state index contributed by atoms with van der Waals surface area (Å²) in [5, 5.41) is 2.90. The predicted molar refractivity (Wildman–Crippen MR) is 158 cm³/mol. The summed E-state index contributed by atoms with van der Waals surface area (Å²) in [6.45, 7) is 9.64. The Kier molecular flexibility index (Phi) is 10.3. The quantitative estimate of drug-likeness (QED) is 0.344. The summed E-state index contributed by atoms with van der Waals surface area (Å²) in [6, 6.07) is 19.8. The molecule has 1 atom stereocenters. The van der Waals surface area contributed by atoms with Crippen molar-refractivity contribution in [3.05, 3.63) is 89.5 Å². The van der Waals surface area contributed by atoms with Crippen LogP contribution in [0.1, 0.15) is 37.5 Å². The van der Waals surface area contributed by atoms with Gasteiger partial charge >= 0.3 is 0 Å². The number of hydrogen-bond acceptors (Lipinski definition) is 5. The van der Waals surface area contributed by atoms with Crippen molar-refractivity contribution >= 4 is 27.5 Å². The van der Waals surface area contributed by atoms with Gasteiger partial charge in [-0.25, -0.2) is 8.42 Å². The highest BCUT2D eigenvalue weighted by Crippen LogP contribution is 2.26. The van der Waals surface area contributed by atoms with E-state index in [1.807, 2.05) is 52.0 Å². The zero-order valence-electron chi connectivity index (χ0n) is 24.0. The molecule has 0 radical (unpaired) electrons. The molecule has 0 saturated heterocycles. The Labute approximate surface area is 238 Å². The summed E-state index contributed by atoms with van der Waals surface area (Å²) >= 11 is 0. The first kappa shape index (κ1) is 30.7. The molecule has 8 nitrogen and oxygen atoms in total. The van der Waals surface area contributed by atoms with Crippen LogP contribution in [-0.2, 0) is 26.2 Å². The highest BCUT2D eigenvalue weighted by molar-refractivity contribution is 7.92. The molecule has 0 aliphatic rings. The number of anilines is 1. The van der Waals surface area contributed by atoms with Crippen molar-refractivity contribution in [2.75, 3.05) is 24.5 Å². The number of nitrogens with zero attached hydrogens (tertiary/aromatic N) is 2. The van der Waals surface area contributed by atoms with Gasteiger partial charge in [0.25, 0.3) is 10.0 Å². The van der Waals surface area contributed by atoms with E-state index in [9.17, 15) is 18.0 Å². The molecule has 9 heteroatoms. The van der Waals surface area contributed by atoms with Crippen molar-refractivity contribution in [2.24, 2.45) is 5.92 Å². The van der Waals surface area contributed by atoms with Gasteiger partial charge in [0.15, 0.2) is 0 Å². The van der Waals surface area contributed by atoms with Crippen molar-refractivity contribution in [3.63, 3.8) is 0 Å². The van der Waals surface area contributed by atoms with Gasteiger partial charge in [-0.2, -0.15) is 0 Å². The topological polar surface area (TPSA) is 96.0 Å². The fourth-order valence-electron chi connectivity index (χ4n) is 4.16. The summed E-state index contributed by atoms with van der Waals surface area (Å²) in [5.41, 5.74) is 3.16. The third kappa shape index (κ3) is 7.85.